The lowest BCUT2D eigenvalue weighted by atomic mass is 9.67. The molecule has 370 valence electrons. The summed E-state index contributed by atoms with van der Waals surface area (Å²) in [4.78, 5) is 0. The Morgan fingerprint density at radius 1 is 0.269 bits per heavy atom. The molecule has 4 heterocycles. The molecule has 2 nitrogen and oxygen atoms in total. The van der Waals surface area contributed by atoms with Gasteiger partial charge in [-0.15, -0.1) is 0 Å². The van der Waals surface area contributed by atoms with E-state index in [9.17, 15) is 0 Å². The van der Waals surface area contributed by atoms with Crippen molar-refractivity contribution < 1.29 is 0 Å². The molecule has 15 aromatic rings. The third kappa shape index (κ3) is 5.29. The third-order valence-corrected chi connectivity index (χ3v) is 18.8. The Balaban J connectivity index is 1.06. The fraction of sp³-hybridized carbons (Fsp3) is 0.132. The topological polar surface area (TPSA) is 8.82 Å². The van der Waals surface area contributed by atoms with Gasteiger partial charge in [-0.05, 0) is 113 Å². The second kappa shape index (κ2) is 14.9. The van der Waals surface area contributed by atoms with Gasteiger partial charge in [0.15, 0.2) is 0 Å². The van der Waals surface area contributed by atoms with Crippen LogP contribution in [0.2, 0.25) is 0 Å². The first-order valence-electron chi connectivity index (χ1n) is 27.9. The smallest absolute Gasteiger partial charge is 0.0714 e. The van der Waals surface area contributed by atoms with Crippen molar-refractivity contribution in [3.63, 3.8) is 0 Å². The van der Waals surface area contributed by atoms with E-state index in [2.05, 4.69) is 281 Å². The Morgan fingerprint density at radius 3 is 0.872 bits per heavy atom. The van der Waals surface area contributed by atoms with E-state index in [0.29, 0.717) is 0 Å². The molecule has 78 heavy (non-hydrogen) atoms. The van der Waals surface area contributed by atoms with Crippen LogP contribution in [0.3, 0.4) is 0 Å². The summed E-state index contributed by atoms with van der Waals surface area (Å²) in [5, 5.41) is 10.5. The number of hydrogen-bond acceptors (Lipinski definition) is 0. The van der Waals surface area contributed by atoms with Crippen LogP contribution in [0.25, 0.3) is 98.4 Å². The van der Waals surface area contributed by atoms with Crippen LogP contribution in [0, 0.1) is 0 Å². The molecule has 0 bridgehead atoms. The number of hydrogen-bond donors (Lipinski definition) is 0. The van der Waals surface area contributed by atoms with Crippen LogP contribution in [0.5, 0.6) is 0 Å². The van der Waals surface area contributed by atoms with Crippen LogP contribution >= 0.6 is 0 Å². The van der Waals surface area contributed by atoms with Crippen LogP contribution in [0.4, 0.5) is 0 Å². The molecule has 0 unspecified atom stereocenters. The molecule has 0 saturated heterocycles. The molecule has 2 aliphatic rings. The number of nitrogens with zero attached hydrogens (tertiary/aromatic N) is 2. The Labute approximate surface area is 454 Å². The number of benzene rings is 11. The van der Waals surface area contributed by atoms with Crippen molar-refractivity contribution in [2.75, 3.05) is 0 Å². The highest BCUT2D eigenvalue weighted by Crippen LogP contribution is 2.60. The summed E-state index contributed by atoms with van der Waals surface area (Å²) in [7, 11) is 0. The van der Waals surface area contributed by atoms with Gasteiger partial charge in [0.1, 0.15) is 0 Å². The van der Waals surface area contributed by atoms with E-state index in [1.807, 2.05) is 0 Å². The zero-order valence-corrected chi connectivity index (χ0v) is 44.8. The molecule has 0 atom stereocenters. The summed E-state index contributed by atoms with van der Waals surface area (Å²) in [6.45, 7) is 14.1. The highest BCUT2D eigenvalue weighted by Gasteiger charge is 2.48. The van der Waals surface area contributed by atoms with Crippen molar-refractivity contribution in [3.8, 4) is 22.3 Å². The molecule has 4 aromatic heterocycles. The van der Waals surface area contributed by atoms with E-state index >= 15 is 0 Å². The van der Waals surface area contributed by atoms with Crippen LogP contribution in [0.1, 0.15) is 97.2 Å². The van der Waals surface area contributed by atoms with Gasteiger partial charge < -0.3 is 8.80 Å². The van der Waals surface area contributed by atoms with E-state index < -0.39 is 10.8 Å². The second-order valence-electron chi connectivity index (χ2n) is 24.7. The summed E-state index contributed by atoms with van der Waals surface area (Å²) < 4.78 is 5.37. The largest absolute Gasteiger partial charge is 0.308 e. The molecule has 0 fully saturated rings. The zero-order valence-electron chi connectivity index (χ0n) is 44.8. The van der Waals surface area contributed by atoms with Crippen LogP contribution < -0.4 is 0 Å². The summed E-state index contributed by atoms with van der Waals surface area (Å²) >= 11 is 0. The number of rotatable bonds is 4. The number of fused-ring (bicyclic) bond motifs is 20. The average Bonchev–Trinajstić information content (AvgIpc) is 3.10. The predicted molar refractivity (Wildman–Crippen MR) is 328 cm³/mol. The SMILES string of the molecule is CC(C)(C)c1ccc2c3c4c5ccc(C6(c7ccccc7)c7ccccc7-c7ccccc76)cc5n5c6cc(C(C)(C)C)ccc6c(c6c7ccc(C8(c9ccccc9)c9ccccc9-c9ccccc98)cc7n(c2c1)c36)c45. The zero-order chi connectivity index (χ0) is 52.2. The molecule has 2 aliphatic carbocycles. The van der Waals surface area contributed by atoms with Crippen molar-refractivity contribution in [1.82, 2.24) is 8.80 Å². The molecular formula is C76H56N2. The van der Waals surface area contributed by atoms with Crippen molar-refractivity contribution >= 4 is 76.2 Å². The average molecular weight is 997 g/mol. The molecule has 0 saturated carbocycles. The van der Waals surface area contributed by atoms with E-state index in [1.165, 1.54) is 154 Å². The maximum absolute atomic E-state index is 2.69. The Morgan fingerprint density at radius 2 is 0.551 bits per heavy atom. The van der Waals surface area contributed by atoms with Crippen molar-refractivity contribution in [2.24, 2.45) is 0 Å². The summed E-state index contributed by atoms with van der Waals surface area (Å²) in [6.07, 6.45) is 0. The maximum atomic E-state index is 2.69. The molecule has 2 heteroatoms. The fourth-order valence-corrected chi connectivity index (χ4v) is 15.5. The molecule has 0 spiro atoms. The van der Waals surface area contributed by atoms with Crippen LogP contribution in [-0.4, -0.2) is 8.80 Å². The maximum Gasteiger partial charge on any atom is 0.0714 e. The van der Waals surface area contributed by atoms with E-state index in [1.54, 1.807) is 0 Å². The first kappa shape index (κ1) is 44.2. The summed E-state index contributed by atoms with van der Waals surface area (Å²) in [5.41, 5.74) is 24.8. The van der Waals surface area contributed by atoms with Crippen molar-refractivity contribution in [3.05, 3.63) is 286 Å². The van der Waals surface area contributed by atoms with Gasteiger partial charge in [0.25, 0.3) is 0 Å². The van der Waals surface area contributed by atoms with E-state index in [4.69, 9.17) is 0 Å². The van der Waals surface area contributed by atoms with Gasteiger partial charge in [0, 0.05) is 43.1 Å². The predicted octanol–water partition coefficient (Wildman–Crippen LogP) is 19.3. The Hall–Kier alpha value is -8.98. The first-order chi connectivity index (χ1) is 38.0. The van der Waals surface area contributed by atoms with Crippen molar-refractivity contribution in [1.29, 1.82) is 0 Å². The molecule has 0 N–H and O–H groups in total. The Bertz CT molecular complexity index is 4620. The van der Waals surface area contributed by atoms with Crippen LogP contribution in [-0.2, 0) is 21.7 Å². The third-order valence-electron chi connectivity index (χ3n) is 18.8. The summed E-state index contributed by atoms with van der Waals surface area (Å²) in [6, 6.07) is 88.9. The van der Waals surface area contributed by atoms with E-state index in [0.717, 1.165) is 0 Å². The van der Waals surface area contributed by atoms with Gasteiger partial charge in [0.2, 0.25) is 0 Å². The Kier molecular flexibility index (Phi) is 8.46. The highest BCUT2D eigenvalue weighted by molar-refractivity contribution is 6.45. The first-order valence-corrected chi connectivity index (χ1v) is 27.9. The monoisotopic (exact) mass is 996 g/mol. The fourth-order valence-electron chi connectivity index (χ4n) is 15.5. The van der Waals surface area contributed by atoms with Gasteiger partial charge in [-0.3, -0.25) is 0 Å². The lowest BCUT2D eigenvalue weighted by molar-refractivity contribution is 0.590. The molecule has 0 amide bonds. The van der Waals surface area contributed by atoms with Gasteiger partial charge in [-0.1, -0.05) is 248 Å². The van der Waals surface area contributed by atoms with Gasteiger partial charge in [0.05, 0.1) is 43.9 Å². The normalized spacial score (nSPS) is 14.7. The summed E-state index contributed by atoms with van der Waals surface area (Å²) in [5.74, 6) is 0. The minimum absolute atomic E-state index is 0.0556. The van der Waals surface area contributed by atoms with Crippen molar-refractivity contribution in [2.45, 2.75) is 63.2 Å². The minimum Gasteiger partial charge on any atom is -0.308 e. The molecule has 11 aromatic carbocycles. The van der Waals surface area contributed by atoms with Gasteiger partial charge in [-0.25, -0.2) is 0 Å². The number of aromatic nitrogens is 2. The highest BCUT2D eigenvalue weighted by atomic mass is 14.9. The molecule has 17 rings (SSSR count). The lowest BCUT2D eigenvalue weighted by Gasteiger charge is -2.34. The van der Waals surface area contributed by atoms with E-state index in [-0.39, 0.29) is 10.8 Å². The molecule has 0 radical (unpaired) electrons. The van der Waals surface area contributed by atoms with Gasteiger partial charge >= 0.3 is 0 Å². The minimum atomic E-state index is -0.531. The van der Waals surface area contributed by atoms with Crippen LogP contribution in [0.15, 0.2) is 231 Å². The standard InChI is InChI=1S/C76H56N2/c1-73(2,3)47-33-37-55-63(41-47)77-65-43-49(75(45-21-9-7-10-22-45)59-29-17-13-25-51(59)52-26-14-18-30-60(52)75)35-39-57(65)70-68-56-38-34-48(74(4,5)6)42-64(56)78-66-44-50(36-40-58(66)69(72(68)78)67(55)71(70)77)76(46-23-11-8-12-24-46)61-31-19-15-27-53(61)54-28-16-20-32-62(54)76/h7-44H,1-6H3. The molecular weight excluding hydrogens is 941 g/mol. The van der Waals surface area contributed by atoms with Gasteiger partial charge in [-0.2, -0.15) is 0 Å². The molecule has 0 aliphatic heterocycles. The lowest BCUT2D eigenvalue weighted by Crippen LogP contribution is -2.28. The second-order valence-corrected chi connectivity index (χ2v) is 24.7. The quantitative estimate of drug-likeness (QED) is 0.166.